The lowest BCUT2D eigenvalue weighted by Gasteiger charge is -2.06. The molecule has 0 bridgehead atoms. The van der Waals surface area contributed by atoms with Crippen LogP contribution in [-0.2, 0) is 5.75 Å². The lowest BCUT2D eigenvalue weighted by Crippen LogP contribution is -2.08. The van der Waals surface area contributed by atoms with E-state index >= 15 is 0 Å². The third-order valence-electron chi connectivity index (χ3n) is 2.24. The van der Waals surface area contributed by atoms with Gasteiger partial charge >= 0.3 is 0 Å². The zero-order chi connectivity index (χ0) is 13.8. The summed E-state index contributed by atoms with van der Waals surface area (Å²) < 4.78 is 3.49. The van der Waals surface area contributed by atoms with Crippen LogP contribution in [0.4, 0.5) is 5.69 Å². The minimum absolute atomic E-state index is 0.0876. The Balaban J connectivity index is 2.00. The molecule has 0 saturated carbocycles. The quantitative estimate of drug-likeness (QED) is 0.756. The fraction of sp³-hybridized carbons (Fsp3) is 0.0833. The summed E-state index contributed by atoms with van der Waals surface area (Å²) in [6.07, 6.45) is 3.21. The molecular formula is C12H9BrCl2N2OS. The Kier molecular flexibility index (Phi) is 5.21. The number of anilines is 1. The van der Waals surface area contributed by atoms with Crippen LogP contribution in [0.15, 0.2) is 39.9 Å². The molecule has 0 unspecified atom stereocenters. The van der Waals surface area contributed by atoms with E-state index in [0.29, 0.717) is 26.0 Å². The van der Waals surface area contributed by atoms with Gasteiger partial charge in [0.05, 0.1) is 4.47 Å². The topological polar surface area (TPSA) is 44.9 Å². The van der Waals surface area contributed by atoms with E-state index in [1.54, 1.807) is 18.5 Å². The van der Waals surface area contributed by atoms with Gasteiger partial charge in [-0.05, 0) is 51.6 Å². The van der Waals surface area contributed by atoms with E-state index in [4.69, 9.17) is 23.2 Å². The highest BCUT2D eigenvalue weighted by molar-refractivity contribution is 9.10. The van der Waals surface area contributed by atoms with Crippen molar-refractivity contribution in [3.8, 4) is 0 Å². The van der Waals surface area contributed by atoms with Crippen molar-refractivity contribution in [2.75, 3.05) is 4.72 Å². The first-order valence-electron chi connectivity index (χ1n) is 5.25. The van der Waals surface area contributed by atoms with E-state index in [1.165, 1.54) is 11.9 Å². The average Bonchev–Trinajstić information content (AvgIpc) is 2.33. The minimum atomic E-state index is -0.0876. The Hall–Kier alpha value is -0.620. The molecule has 1 aromatic heterocycles. The highest BCUT2D eigenvalue weighted by atomic mass is 79.9. The van der Waals surface area contributed by atoms with Crippen LogP contribution in [-0.4, -0.2) is 4.98 Å². The molecule has 100 valence electrons. The summed E-state index contributed by atoms with van der Waals surface area (Å²) in [7, 11) is 0. The van der Waals surface area contributed by atoms with Crippen LogP contribution in [0.1, 0.15) is 5.56 Å². The van der Waals surface area contributed by atoms with Crippen LogP contribution in [0, 0.1) is 0 Å². The average molecular weight is 380 g/mol. The van der Waals surface area contributed by atoms with Gasteiger partial charge in [0.25, 0.3) is 0 Å². The van der Waals surface area contributed by atoms with Gasteiger partial charge in [0.15, 0.2) is 0 Å². The summed E-state index contributed by atoms with van der Waals surface area (Å²) >= 11 is 16.4. The van der Waals surface area contributed by atoms with Gasteiger partial charge in [0.2, 0.25) is 5.43 Å². The number of aromatic amines is 1. The maximum atomic E-state index is 11.7. The van der Waals surface area contributed by atoms with Crippen LogP contribution in [0.25, 0.3) is 0 Å². The van der Waals surface area contributed by atoms with Crippen LogP contribution >= 0.6 is 51.1 Å². The molecule has 2 N–H and O–H groups in total. The van der Waals surface area contributed by atoms with Gasteiger partial charge in [0, 0.05) is 28.2 Å². The van der Waals surface area contributed by atoms with Gasteiger partial charge in [-0.1, -0.05) is 23.2 Å². The smallest absolute Gasteiger partial charge is 0.219 e. The minimum Gasteiger partial charge on any atom is -0.365 e. The maximum Gasteiger partial charge on any atom is 0.219 e. The monoisotopic (exact) mass is 378 g/mol. The highest BCUT2D eigenvalue weighted by Crippen LogP contribution is 2.22. The molecule has 0 fully saturated rings. The molecule has 0 spiro atoms. The van der Waals surface area contributed by atoms with Crippen molar-refractivity contribution in [3.05, 3.63) is 60.9 Å². The first-order valence-corrected chi connectivity index (χ1v) is 7.79. The second-order valence-electron chi connectivity index (χ2n) is 3.71. The number of benzene rings is 1. The summed E-state index contributed by atoms with van der Waals surface area (Å²) in [6, 6.07) is 5.37. The number of H-pyrrole nitrogens is 1. The SMILES string of the molecule is O=c1c(Br)c[nH]cc1NSCc1cc(Cl)cc(Cl)c1. The summed E-state index contributed by atoms with van der Waals surface area (Å²) in [5.41, 5.74) is 1.39. The van der Waals surface area contributed by atoms with E-state index in [0.717, 1.165) is 5.56 Å². The number of aromatic nitrogens is 1. The molecule has 0 aliphatic heterocycles. The van der Waals surface area contributed by atoms with Crippen molar-refractivity contribution in [2.45, 2.75) is 5.75 Å². The van der Waals surface area contributed by atoms with Gasteiger partial charge in [-0.15, -0.1) is 0 Å². The highest BCUT2D eigenvalue weighted by Gasteiger charge is 2.03. The van der Waals surface area contributed by atoms with Crippen LogP contribution in [0.3, 0.4) is 0 Å². The zero-order valence-electron chi connectivity index (χ0n) is 9.54. The molecular weight excluding hydrogens is 371 g/mol. The van der Waals surface area contributed by atoms with Crippen LogP contribution < -0.4 is 10.2 Å². The Labute approximate surface area is 133 Å². The predicted octanol–water partition coefficient (Wildman–Crippen LogP) is 4.70. The largest absolute Gasteiger partial charge is 0.365 e. The number of nitrogens with one attached hydrogen (secondary N) is 2. The van der Waals surface area contributed by atoms with Gasteiger partial charge in [-0.2, -0.15) is 0 Å². The van der Waals surface area contributed by atoms with E-state index < -0.39 is 0 Å². The number of pyridine rings is 1. The molecule has 3 nitrogen and oxygen atoms in total. The van der Waals surface area contributed by atoms with Gasteiger partial charge in [0.1, 0.15) is 5.69 Å². The van der Waals surface area contributed by atoms with Crippen molar-refractivity contribution in [2.24, 2.45) is 0 Å². The number of halogens is 3. The Morgan fingerprint density at radius 2 is 1.89 bits per heavy atom. The van der Waals surface area contributed by atoms with Crippen molar-refractivity contribution in [3.63, 3.8) is 0 Å². The first-order chi connectivity index (χ1) is 9.06. The lowest BCUT2D eigenvalue weighted by atomic mass is 10.2. The molecule has 0 saturated heterocycles. The van der Waals surface area contributed by atoms with E-state index in [-0.39, 0.29) is 5.43 Å². The molecule has 0 atom stereocenters. The standard InChI is InChI=1S/C12H9BrCl2N2OS/c13-10-4-16-5-11(12(10)18)17-19-6-7-1-8(14)3-9(15)2-7/h1-5,17H,6H2,(H,16,18). The third-order valence-corrected chi connectivity index (χ3v) is 4.11. The lowest BCUT2D eigenvalue weighted by molar-refractivity contribution is 1.28. The third kappa shape index (κ3) is 4.18. The molecule has 19 heavy (non-hydrogen) atoms. The maximum absolute atomic E-state index is 11.7. The molecule has 0 aliphatic rings. The van der Waals surface area contributed by atoms with Gasteiger partial charge < -0.3 is 9.71 Å². The second kappa shape index (κ2) is 6.70. The Bertz CT molecular complexity index is 628. The Morgan fingerprint density at radius 1 is 1.21 bits per heavy atom. The zero-order valence-corrected chi connectivity index (χ0v) is 13.5. The summed E-state index contributed by atoms with van der Waals surface area (Å²) in [5, 5.41) is 1.20. The normalized spacial score (nSPS) is 10.5. The van der Waals surface area contributed by atoms with Gasteiger partial charge in [-0.3, -0.25) is 4.79 Å². The van der Waals surface area contributed by atoms with E-state index in [1.807, 2.05) is 12.1 Å². The number of hydrogen-bond acceptors (Lipinski definition) is 3. The number of hydrogen-bond donors (Lipinski definition) is 2. The van der Waals surface area contributed by atoms with Crippen molar-refractivity contribution < 1.29 is 0 Å². The molecule has 2 aromatic rings. The van der Waals surface area contributed by atoms with E-state index in [9.17, 15) is 4.79 Å². The molecule has 2 rings (SSSR count). The van der Waals surface area contributed by atoms with Crippen LogP contribution in [0.5, 0.6) is 0 Å². The fourth-order valence-electron chi connectivity index (χ4n) is 1.43. The molecule has 1 aromatic carbocycles. The molecule has 1 heterocycles. The van der Waals surface area contributed by atoms with E-state index in [2.05, 4.69) is 25.6 Å². The summed E-state index contributed by atoms with van der Waals surface area (Å²) in [4.78, 5) is 14.6. The van der Waals surface area contributed by atoms with Crippen LogP contribution in [0.2, 0.25) is 10.0 Å². The molecule has 7 heteroatoms. The van der Waals surface area contributed by atoms with Gasteiger partial charge in [-0.25, -0.2) is 0 Å². The molecule has 0 aliphatic carbocycles. The fourth-order valence-corrected chi connectivity index (χ4v) is 3.05. The number of rotatable bonds is 4. The second-order valence-corrected chi connectivity index (χ2v) is 6.22. The Morgan fingerprint density at radius 3 is 2.58 bits per heavy atom. The first kappa shape index (κ1) is 14.8. The summed E-state index contributed by atoms with van der Waals surface area (Å²) in [6.45, 7) is 0. The predicted molar refractivity (Wildman–Crippen MR) is 86.1 cm³/mol. The molecule has 0 radical (unpaired) electrons. The van der Waals surface area contributed by atoms with Crippen molar-refractivity contribution in [1.82, 2.24) is 4.98 Å². The van der Waals surface area contributed by atoms with Crippen molar-refractivity contribution in [1.29, 1.82) is 0 Å². The molecule has 0 amide bonds. The van der Waals surface area contributed by atoms with Crippen molar-refractivity contribution >= 4 is 56.8 Å². The summed E-state index contributed by atoms with van der Waals surface area (Å²) in [5.74, 6) is 0.645.